The molecule has 14 heteroatoms. The number of fused-ring (bicyclic) bond motifs is 2. The molecule has 2 aromatic carbocycles. The van der Waals surface area contributed by atoms with E-state index in [2.05, 4.69) is 32.0 Å². The first-order chi connectivity index (χ1) is 25.2. The molecule has 0 saturated carbocycles. The Morgan fingerprint density at radius 3 is 2.26 bits per heavy atom. The fourth-order valence-corrected chi connectivity index (χ4v) is 6.41. The van der Waals surface area contributed by atoms with Crippen molar-refractivity contribution in [1.29, 1.82) is 0 Å². The molecule has 2 aliphatic heterocycles. The number of hydrogen-bond donors (Lipinski definition) is 4. The van der Waals surface area contributed by atoms with Crippen molar-refractivity contribution >= 4 is 23.7 Å². The van der Waals surface area contributed by atoms with Gasteiger partial charge in [0.15, 0.2) is 0 Å². The number of pyridine rings is 1. The summed E-state index contributed by atoms with van der Waals surface area (Å²) in [6.07, 6.45) is 4.39. The lowest BCUT2D eigenvalue weighted by molar-refractivity contribution is 0.0122. The lowest BCUT2D eigenvalue weighted by Crippen LogP contribution is -2.57. The number of aromatic nitrogens is 1. The van der Waals surface area contributed by atoms with Crippen LogP contribution in [0.3, 0.4) is 0 Å². The third-order valence-corrected chi connectivity index (χ3v) is 9.06. The van der Waals surface area contributed by atoms with Crippen LogP contribution < -0.4 is 21.7 Å². The molecule has 2 unspecified atom stereocenters. The maximum atomic E-state index is 14.7. The van der Waals surface area contributed by atoms with Crippen LogP contribution in [0, 0.1) is 23.5 Å². The third kappa shape index (κ3) is 10.6. The molecule has 2 saturated heterocycles. The lowest BCUT2D eigenvalue weighted by Gasteiger charge is -2.41. The van der Waals surface area contributed by atoms with E-state index in [1.807, 2.05) is 62.1 Å². The van der Waals surface area contributed by atoms with Gasteiger partial charge in [0.05, 0.1) is 18.2 Å². The number of carbonyl (C=O) groups is 1. The number of piperazine rings is 1. The minimum absolute atomic E-state index is 0.0311. The highest BCUT2D eigenvalue weighted by Gasteiger charge is 2.44. The fraction of sp³-hybridized carbons (Fsp3) is 0.410. The zero-order valence-electron chi connectivity index (χ0n) is 29.9. The molecule has 1 amide bonds. The molecule has 0 spiro atoms. The summed E-state index contributed by atoms with van der Waals surface area (Å²) in [5.41, 5.74) is 13.1. The largest absolute Gasteiger partial charge is 0.444 e. The third-order valence-electron chi connectivity index (χ3n) is 9.06. The Morgan fingerprint density at radius 2 is 1.70 bits per heavy atom. The van der Waals surface area contributed by atoms with Crippen molar-refractivity contribution in [2.24, 2.45) is 16.5 Å². The van der Waals surface area contributed by atoms with Crippen LogP contribution >= 0.6 is 0 Å². The molecule has 1 aromatic heterocycles. The molecule has 282 valence electrons. The van der Waals surface area contributed by atoms with Crippen molar-refractivity contribution in [3.05, 3.63) is 100 Å². The molecule has 6 N–H and O–H groups in total. The van der Waals surface area contributed by atoms with Crippen LogP contribution in [0.1, 0.15) is 61.4 Å². The number of ether oxygens (including phenoxy) is 1. The van der Waals surface area contributed by atoms with Gasteiger partial charge in [-0.25, -0.2) is 23.6 Å². The SMILES string of the molecule is CC(C)(C)OC(=O)N1C2CCC1CN(c1ccc(C#Cc3ccc(C[C@H](N)[C@@H](O)CNCc4c(F)cc(C(C=NC(F)F)=CN)cc4F)cc3)cn1)C2. The van der Waals surface area contributed by atoms with Gasteiger partial charge in [0.1, 0.15) is 23.1 Å². The van der Waals surface area contributed by atoms with Gasteiger partial charge in [-0.05, 0) is 87.6 Å². The minimum Gasteiger partial charge on any atom is -0.444 e. The van der Waals surface area contributed by atoms with Crippen LogP contribution in [0.2, 0.25) is 0 Å². The van der Waals surface area contributed by atoms with E-state index < -0.39 is 35.9 Å². The van der Waals surface area contributed by atoms with Crippen LogP contribution in [-0.2, 0) is 17.7 Å². The number of aliphatic imine (C=N–C) groups is 1. The Kier molecular flexibility index (Phi) is 12.8. The van der Waals surface area contributed by atoms with Gasteiger partial charge in [-0.3, -0.25) is 4.90 Å². The first-order valence-electron chi connectivity index (χ1n) is 17.4. The number of hydrogen-bond acceptors (Lipinski definition) is 9. The number of benzene rings is 2. The number of nitrogens with zero attached hydrogens (tertiary/aromatic N) is 4. The van der Waals surface area contributed by atoms with E-state index in [9.17, 15) is 27.5 Å². The molecule has 4 atom stereocenters. The van der Waals surface area contributed by atoms with Crippen molar-refractivity contribution in [2.75, 3.05) is 24.5 Å². The van der Waals surface area contributed by atoms with Gasteiger partial charge >= 0.3 is 12.6 Å². The summed E-state index contributed by atoms with van der Waals surface area (Å²) in [6.45, 7) is 3.78. The van der Waals surface area contributed by atoms with Gasteiger partial charge in [-0.1, -0.05) is 24.0 Å². The zero-order valence-corrected chi connectivity index (χ0v) is 29.9. The smallest absolute Gasteiger partial charge is 0.410 e. The van der Waals surface area contributed by atoms with E-state index in [1.165, 1.54) is 0 Å². The summed E-state index contributed by atoms with van der Waals surface area (Å²) < 4.78 is 59.8. The van der Waals surface area contributed by atoms with Crippen LogP contribution in [-0.4, -0.2) is 83.3 Å². The number of halogens is 4. The topological polar surface area (TPSA) is 142 Å². The van der Waals surface area contributed by atoms with Gasteiger partial charge in [0.2, 0.25) is 0 Å². The molecule has 53 heavy (non-hydrogen) atoms. The summed E-state index contributed by atoms with van der Waals surface area (Å²) in [7, 11) is 0. The number of anilines is 1. The first-order valence-corrected chi connectivity index (χ1v) is 17.4. The average Bonchev–Trinajstić information content (AvgIpc) is 3.38. The summed E-state index contributed by atoms with van der Waals surface area (Å²) in [6, 6.07) is 12.8. The van der Waals surface area contributed by atoms with Crippen LogP contribution in [0.15, 0.2) is 65.9 Å². The molecular formula is C39H45F4N7O3. The highest BCUT2D eigenvalue weighted by atomic mass is 19.3. The fourth-order valence-electron chi connectivity index (χ4n) is 6.41. The number of nitrogens with two attached hydrogens (primary N) is 2. The quantitative estimate of drug-likeness (QED) is 0.0938. The predicted octanol–water partition coefficient (Wildman–Crippen LogP) is 4.96. The van der Waals surface area contributed by atoms with Crippen molar-refractivity contribution in [1.82, 2.24) is 15.2 Å². The Labute approximate surface area is 306 Å². The van der Waals surface area contributed by atoms with E-state index in [4.69, 9.17) is 16.2 Å². The van der Waals surface area contributed by atoms with Crippen LogP contribution in [0.4, 0.5) is 28.2 Å². The van der Waals surface area contributed by atoms with Crippen molar-refractivity contribution in [2.45, 2.75) is 83.0 Å². The van der Waals surface area contributed by atoms with E-state index >= 15 is 0 Å². The number of allylic oxidation sites excluding steroid dienone is 1. The molecule has 10 nitrogen and oxygen atoms in total. The Balaban J connectivity index is 1.08. The monoisotopic (exact) mass is 735 g/mol. The minimum atomic E-state index is -2.99. The zero-order chi connectivity index (χ0) is 38.3. The van der Waals surface area contributed by atoms with E-state index in [0.717, 1.165) is 59.9 Å². The molecular weight excluding hydrogens is 690 g/mol. The number of aliphatic hydroxyl groups is 1. The highest BCUT2D eigenvalue weighted by Crippen LogP contribution is 2.33. The van der Waals surface area contributed by atoms with E-state index in [1.54, 1.807) is 6.20 Å². The number of aliphatic hydroxyl groups excluding tert-OH is 1. The molecule has 2 bridgehead atoms. The van der Waals surface area contributed by atoms with E-state index in [-0.39, 0.29) is 48.0 Å². The normalized spacial score (nSPS) is 18.6. The van der Waals surface area contributed by atoms with Crippen molar-refractivity contribution in [3.63, 3.8) is 0 Å². The van der Waals surface area contributed by atoms with Gasteiger partial charge < -0.3 is 31.5 Å². The predicted molar refractivity (Wildman–Crippen MR) is 196 cm³/mol. The molecule has 0 aliphatic carbocycles. The summed E-state index contributed by atoms with van der Waals surface area (Å²) in [4.78, 5) is 24.5. The average molecular weight is 736 g/mol. The van der Waals surface area contributed by atoms with Crippen molar-refractivity contribution in [3.8, 4) is 11.8 Å². The van der Waals surface area contributed by atoms with Gasteiger partial charge in [-0.15, -0.1) is 0 Å². The maximum absolute atomic E-state index is 14.7. The molecule has 5 rings (SSSR count). The number of amides is 1. The van der Waals surface area contributed by atoms with Gasteiger partial charge in [0.25, 0.3) is 0 Å². The van der Waals surface area contributed by atoms with Crippen LogP contribution in [0.25, 0.3) is 5.57 Å². The Morgan fingerprint density at radius 1 is 1.08 bits per heavy atom. The molecule has 0 radical (unpaired) electrons. The number of rotatable bonds is 11. The number of alkyl halides is 2. The Bertz CT molecular complexity index is 1820. The van der Waals surface area contributed by atoms with E-state index in [0.29, 0.717) is 19.5 Å². The second-order valence-electron chi connectivity index (χ2n) is 14.2. The van der Waals surface area contributed by atoms with Gasteiger partial charge in [-0.2, -0.15) is 8.78 Å². The van der Waals surface area contributed by atoms with Gasteiger partial charge in [0, 0.05) is 73.1 Å². The number of nitrogens with one attached hydrogen (secondary N) is 1. The molecule has 3 aromatic rings. The second-order valence-corrected chi connectivity index (χ2v) is 14.2. The number of carbonyl (C=O) groups excluding carboxylic acids is 1. The molecule has 3 heterocycles. The van der Waals surface area contributed by atoms with Crippen LogP contribution in [0.5, 0.6) is 0 Å². The highest BCUT2D eigenvalue weighted by molar-refractivity contribution is 6.09. The lowest BCUT2D eigenvalue weighted by atomic mass is 10.0. The standard InChI is InChI=1S/C39H45F4N7O3/c1-39(2,3)53-38(52)50-29-11-12-30(50)23-49(22-29)36-13-10-26(18-47-36)9-6-24-4-7-25(8-5-24)14-34(45)35(51)21-46-20-31-32(40)15-27(16-33(31)41)28(17-44)19-48-37(42)43/h4-5,7-8,10,13,15-19,29-30,34-35,37,46,51H,11-12,14,20-23,44-45H2,1-3H3/t29?,30?,34-,35-/m0/s1. The summed E-state index contributed by atoms with van der Waals surface area (Å²) in [5, 5.41) is 13.4. The van der Waals surface area contributed by atoms with Crippen molar-refractivity contribution < 1.29 is 32.2 Å². The molecule has 2 fully saturated rings. The first kappa shape index (κ1) is 39.2. The summed E-state index contributed by atoms with van der Waals surface area (Å²) >= 11 is 0. The molecule has 2 aliphatic rings. The Hall–Kier alpha value is -4.97. The maximum Gasteiger partial charge on any atom is 0.410 e. The second kappa shape index (κ2) is 17.2. The summed E-state index contributed by atoms with van der Waals surface area (Å²) in [5.74, 6) is 5.31.